The van der Waals surface area contributed by atoms with Crippen LogP contribution in [-0.2, 0) is 0 Å². The molecule has 0 saturated heterocycles. The van der Waals surface area contributed by atoms with Crippen molar-refractivity contribution in [3.8, 4) is 11.8 Å². The standard InChI is InChI=1S/C23H17FN6O/c1-13-14(2)29-21-19(22(25)27-12-20(21)28-13)7-6-15-8-16(11-26-10-15)23(31)30-18-5-3-4-17(24)9-18/h3-5,8-12H,1-2H3,(H2,25,27)(H,30,31). The van der Waals surface area contributed by atoms with Crippen molar-refractivity contribution in [1.82, 2.24) is 19.9 Å². The van der Waals surface area contributed by atoms with Crippen molar-refractivity contribution in [1.29, 1.82) is 0 Å². The first kappa shape index (κ1) is 19.9. The lowest BCUT2D eigenvalue weighted by molar-refractivity contribution is 0.102. The van der Waals surface area contributed by atoms with Crippen LogP contribution in [0.25, 0.3) is 11.0 Å². The highest BCUT2D eigenvalue weighted by atomic mass is 19.1. The topological polar surface area (TPSA) is 107 Å². The van der Waals surface area contributed by atoms with Crippen LogP contribution in [0.5, 0.6) is 0 Å². The number of anilines is 2. The summed E-state index contributed by atoms with van der Waals surface area (Å²) < 4.78 is 13.3. The second-order valence-corrected chi connectivity index (χ2v) is 6.82. The van der Waals surface area contributed by atoms with Crippen LogP contribution in [0.3, 0.4) is 0 Å². The first-order valence-corrected chi connectivity index (χ1v) is 9.34. The lowest BCUT2D eigenvalue weighted by Crippen LogP contribution is -2.12. The van der Waals surface area contributed by atoms with Gasteiger partial charge in [-0.25, -0.2) is 19.3 Å². The number of carbonyl (C=O) groups excluding carboxylic acids is 1. The van der Waals surface area contributed by atoms with Crippen LogP contribution in [-0.4, -0.2) is 25.8 Å². The second kappa shape index (κ2) is 8.16. The molecule has 0 aliphatic heterocycles. The Hall–Kier alpha value is -4.38. The Balaban J connectivity index is 1.66. The maximum Gasteiger partial charge on any atom is 0.257 e. The number of pyridine rings is 2. The molecule has 7 nitrogen and oxygen atoms in total. The van der Waals surface area contributed by atoms with E-state index in [0.29, 0.717) is 27.8 Å². The highest BCUT2D eigenvalue weighted by Crippen LogP contribution is 2.20. The molecule has 31 heavy (non-hydrogen) atoms. The average Bonchev–Trinajstić information content (AvgIpc) is 2.74. The van der Waals surface area contributed by atoms with Crippen molar-refractivity contribution in [2.45, 2.75) is 13.8 Å². The van der Waals surface area contributed by atoms with Gasteiger partial charge in [0.15, 0.2) is 0 Å². The molecule has 4 rings (SSSR count). The molecule has 4 aromatic rings. The summed E-state index contributed by atoms with van der Waals surface area (Å²) in [4.78, 5) is 29.7. The molecule has 8 heteroatoms. The minimum absolute atomic E-state index is 0.241. The zero-order valence-electron chi connectivity index (χ0n) is 16.8. The predicted molar refractivity (Wildman–Crippen MR) is 116 cm³/mol. The van der Waals surface area contributed by atoms with Crippen LogP contribution in [0, 0.1) is 31.5 Å². The van der Waals surface area contributed by atoms with Gasteiger partial charge < -0.3 is 11.1 Å². The molecule has 0 atom stereocenters. The van der Waals surface area contributed by atoms with Crippen LogP contribution in [0.1, 0.15) is 32.9 Å². The number of rotatable bonds is 2. The third-order valence-electron chi connectivity index (χ3n) is 4.57. The number of fused-ring (bicyclic) bond motifs is 1. The van der Waals surface area contributed by atoms with Crippen LogP contribution in [0.15, 0.2) is 48.9 Å². The summed E-state index contributed by atoms with van der Waals surface area (Å²) in [6.07, 6.45) is 4.50. The highest BCUT2D eigenvalue weighted by Gasteiger charge is 2.10. The fourth-order valence-electron chi connectivity index (χ4n) is 2.87. The van der Waals surface area contributed by atoms with Gasteiger partial charge in [-0.3, -0.25) is 9.78 Å². The number of aromatic nitrogens is 4. The molecular weight excluding hydrogens is 395 g/mol. The third kappa shape index (κ3) is 4.31. The molecule has 3 aromatic heterocycles. The normalized spacial score (nSPS) is 10.4. The number of halogens is 1. The van der Waals surface area contributed by atoms with Gasteiger partial charge >= 0.3 is 0 Å². The molecule has 1 aromatic carbocycles. The molecule has 3 N–H and O–H groups in total. The van der Waals surface area contributed by atoms with Gasteiger partial charge in [0.05, 0.1) is 28.7 Å². The zero-order chi connectivity index (χ0) is 22.0. The number of nitrogens with two attached hydrogens (primary N) is 1. The van der Waals surface area contributed by atoms with Crippen molar-refractivity contribution in [3.05, 3.63) is 82.8 Å². The monoisotopic (exact) mass is 412 g/mol. The van der Waals surface area contributed by atoms with Crippen molar-refractivity contribution in [2.24, 2.45) is 0 Å². The Morgan fingerprint density at radius 2 is 1.87 bits per heavy atom. The maximum atomic E-state index is 13.3. The summed E-state index contributed by atoms with van der Waals surface area (Å²) in [5, 5.41) is 2.63. The first-order chi connectivity index (χ1) is 14.9. The quantitative estimate of drug-likeness (QED) is 0.489. The van der Waals surface area contributed by atoms with Crippen molar-refractivity contribution >= 4 is 28.4 Å². The summed E-state index contributed by atoms with van der Waals surface area (Å²) >= 11 is 0. The van der Waals surface area contributed by atoms with Crippen LogP contribution in [0.4, 0.5) is 15.9 Å². The first-order valence-electron chi connectivity index (χ1n) is 9.34. The van der Waals surface area contributed by atoms with E-state index in [9.17, 15) is 9.18 Å². The van der Waals surface area contributed by atoms with Gasteiger partial charge in [-0.15, -0.1) is 0 Å². The number of carbonyl (C=O) groups is 1. The largest absolute Gasteiger partial charge is 0.383 e. The van der Waals surface area contributed by atoms with Crippen LogP contribution >= 0.6 is 0 Å². The Labute approximate surface area is 177 Å². The summed E-state index contributed by atoms with van der Waals surface area (Å²) in [6, 6.07) is 7.23. The van der Waals surface area contributed by atoms with E-state index in [1.54, 1.807) is 18.3 Å². The Bertz CT molecular complexity index is 1390. The fourth-order valence-corrected chi connectivity index (χ4v) is 2.87. The number of benzene rings is 1. The van der Waals surface area contributed by atoms with Crippen molar-refractivity contribution < 1.29 is 9.18 Å². The van der Waals surface area contributed by atoms with E-state index in [1.807, 2.05) is 13.8 Å². The summed E-state index contributed by atoms with van der Waals surface area (Å²) in [5.74, 6) is 5.31. The number of nitrogen functional groups attached to an aromatic ring is 1. The molecular formula is C23H17FN6O. The molecule has 0 bridgehead atoms. The SMILES string of the molecule is Cc1nc2cnc(N)c(C#Cc3cncc(C(=O)Nc4cccc(F)c4)c3)c2nc1C. The lowest BCUT2D eigenvalue weighted by atomic mass is 10.1. The molecule has 152 valence electrons. The summed E-state index contributed by atoms with van der Waals surface area (Å²) in [6.45, 7) is 3.73. The molecule has 0 saturated carbocycles. The van der Waals surface area contributed by atoms with Gasteiger partial charge in [0.1, 0.15) is 22.7 Å². The Kier molecular flexibility index (Phi) is 5.24. The molecule has 0 spiro atoms. The zero-order valence-corrected chi connectivity index (χ0v) is 16.8. The number of aryl methyl sites for hydroxylation is 2. The second-order valence-electron chi connectivity index (χ2n) is 6.82. The summed E-state index contributed by atoms with van der Waals surface area (Å²) in [7, 11) is 0. The smallest absolute Gasteiger partial charge is 0.257 e. The molecule has 0 fully saturated rings. The highest BCUT2D eigenvalue weighted by molar-refractivity contribution is 6.04. The molecule has 0 aliphatic rings. The molecule has 0 unspecified atom stereocenters. The number of nitrogens with zero attached hydrogens (tertiary/aromatic N) is 4. The molecule has 1 amide bonds. The Morgan fingerprint density at radius 1 is 1.06 bits per heavy atom. The number of hydrogen-bond acceptors (Lipinski definition) is 6. The van der Waals surface area contributed by atoms with E-state index in [1.165, 1.54) is 30.6 Å². The molecule has 0 aliphatic carbocycles. The van der Waals surface area contributed by atoms with E-state index in [2.05, 4.69) is 37.1 Å². The predicted octanol–water partition coefficient (Wildman–Crippen LogP) is 3.41. The van der Waals surface area contributed by atoms with Gasteiger partial charge in [0, 0.05) is 23.6 Å². The number of amides is 1. The Morgan fingerprint density at radius 3 is 2.68 bits per heavy atom. The summed E-state index contributed by atoms with van der Waals surface area (Å²) in [5.41, 5.74) is 10.4. The molecule has 0 radical (unpaired) electrons. The number of hydrogen-bond donors (Lipinski definition) is 2. The van der Waals surface area contributed by atoms with Gasteiger partial charge in [-0.1, -0.05) is 17.9 Å². The minimum atomic E-state index is -0.439. The van der Waals surface area contributed by atoms with Crippen molar-refractivity contribution in [2.75, 3.05) is 11.1 Å². The number of nitrogens with one attached hydrogen (secondary N) is 1. The minimum Gasteiger partial charge on any atom is -0.383 e. The molecule has 3 heterocycles. The van der Waals surface area contributed by atoms with E-state index in [4.69, 9.17) is 5.73 Å². The third-order valence-corrected chi connectivity index (χ3v) is 4.57. The van der Waals surface area contributed by atoms with Gasteiger partial charge in [0.2, 0.25) is 0 Å². The van der Waals surface area contributed by atoms with E-state index < -0.39 is 11.7 Å². The van der Waals surface area contributed by atoms with Crippen molar-refractivity contribution in [3.63, 3.8) is 0 Å². The lowest BCUT2D eigenvalue weighted by Gasteiger charge is -2.06. The fraction of sp³-hybridized carbons (Fsp3) is 0.0870. The van der Waals surface area contributed by atoms with Crippen LogP contribution in [0.2, 0.25) is 0 Å². The maximum absolute atomic E-state index is 13.3. The van der Waals surface area contributed by atoms with Gasteiger partial charge in [0.25, 0.3) is 5.91 Å². The average molecular weight is 412 g/mol. The van der Waals surface area contributed by atoms with Gasteiger partial charge in [-0.05, 0) is 38.1 Å². The van der Waals surface area contributed by atoms with E-state index in [-0.39, 0.29) is 11.4 Å². The van der Waals surface area contributed by atoms with Crippen LogP contribution < -0.4 is 11.1 Å². The van der Waals surface area contributed by atoms with E-state index in [0.717, 1.165) is 11.4 Å². The van der Waals surface area contributed by atoms with Gasteiger partial charge in [-0.2, -0.15) is 0 Å². The van der Waals surface area contributed by atoms with E-state index >= 15 is 0 Å².